The van der Waals surface area contributed by atoms with Crippen molar-refractivity contribution in [1.82, 2.24) is 5.32 Å². The molecule has 0 saturated carbocycles. The summed E-state index contributed by atoms with van der Waals surface area (Å²) >= 11 is 0. The van der Waals surface area contributed by atoms with Gasteiger partial charge in [-0.25, -0.2) is 0 Å². The van der Waals surface area contributed by atoms with Gasteiger partial charge in [-0.3, -0.25) is 4.79 Å². The third-order valence-electron chi connectivity index (χ3n) is 2.06. The van der Waals surface area contributed by atoms with E-state index in [2.05, 4.69) is 5.32 Å². The molecule has 0 bridgehead atoms. The first-order valence-electron chi connectivity index (χ1n) is 5.17. The van der Waals surface area contributed by atoms with Gasteiger partial charge in [0.05, 0.1) is 12.5 Å². The predicted octanol–water partition coefficient (Wildman–Crippen LogP) is 1.12. The Morgan fingerprint density at radius 1 is 1.40 bits per heavy atom. The van der Waals surface area contributed by atoms with Crippen LogP contribution in [0, 0.1) is 0 Å². The average molecular weight is 207 g/mol. The third-order valence-corrected chi connectivity index (χ3v) is 2.06. The van der Waals surface area contributed by atoms with E-state index < -0.39 is 6.10 Å². The fourth-order valence-corrected chi connectivity index (χ4v) is 1.33. The zero-order valence-electron chi connectivity index (χ0n) is 8.94. The Balaban J connectivity index is 2.19. The lowest BCUT2D eigenvalue weighted by Gasteiger charge is -2.06. The number of amides is 1. The molecule has 0 saturated heterocycles. The minimum Gasteiger partial charge on any atom is -0.393 e. The molecule has 0 aliphatic carbocycles. The SMILES string of the molecule is CC(O)CC(=O)NCCc1ccccc1. The van der Waals surface area contributed by atoms with E-state index in [1.165, 1.54) is 5.56 Å². The highest BCUT2D eigenvalue weighted by Crippen LogP contribution is 1.98. The van der Waals surface area contributed by atoms with E-state index in [-0.39, 0.29) is 12.3 Å². The molecule has 15 heavy (non-hydrogen) atoms. The molecule has 1 atom stereocenters. The van der Waals surface area contributed by atoms with Gasteiger partial charge >= 0.3 is 0 Å². The molecule has 82 valence electrons. The number of rotatable bonds is 5. The van der Waals surface area contributed by atoms with E-state index in [4.69, 9.17) is 5.11 Å². The first-order valence-corrected chi connectivity index (χ1v) is 5.17. The number of carbonyl (C=O) groups excluding carboxylic acids is 1. The van der Waals surface area contributed by atoms with Crippen LogP contribution >= 0.6 is 0 Å². The number of aliphatic hydroxyl groups is 1. The van der Waals surface area contributed by atoms with Crippen LogP contribution in [0.2, 0.25) is 0 Å². The lowest BCUT2D eigenvalue weighted by atomic mass is 10.1. The third kappa shape index (κ3) is 5.18. The summed E-state index contributed by atoms with van der Waals surface area (Å²) in [6, 6.07) is 9.98. The van der Waals surface area contributed by atoms with Gasteiger partial charge < -0.3 is 10.4 Å². The van der Waals surface area contributed by atoms with E-state index in [0.29, 0.717) is 6.54 Å². The number of aliphatic hydroxyl groups excluding tert-OH is 1. The number of hydrogen-bond donors (Lipinski definition) is 2. The van der Waals surface area contributed by atoms with Crippen LogP contribution in [0.3, 0.4) is 0 Å². The molecule has 0 fully saturated rings. The van der Waals surface area contributed by atoms with Gasteiger partial charge in [0, 0.05) is 6.54 Å². The Morgan fingerprint density at radius 2 is 2.07 bits per heavy atom. The summed E-state index contributed by atoms with van der Waals surface area (Å²) < 4.78 is 0. The Hall–Kier alpha value is -1.35. The summed E-state index contributed by atoms with van der Waals surface area (Å²) in [6.07, 6.45) is 0.433. The van der Waals surface area contributed by atoms with Crippen molar-refractivity contribution in [3.63, 3.8) is 0 Å². The summed E-state index contributed by atoms with van der Waals surface area (Å²) in [5.74, 6) is -0.0964. The van der Waals surface area contributed by atoms with Crippen molar-refractivity contribution in [2.24, 2.45) is 0 Å². The fraction of sp³-hybridized carbons (Fsp3) is 0.417. The minimum absolute atomic E-state index is 0.0964. The van der Waals surface area contributed by atoms with Gasteiger partial charge in [-0.05, 0) is 18.9 Å². The van der Waals surface area contributed by atoms with Gasteiger partial charge in [-0.15, -0.1) is 0 Å². The highest BCUT2D eigenvalue weighted by atomic mass is 16.3. The minimum atomic E-state index is -0.568. The largest absolute Gasteiger partial charge is 0.393 e. The van der Waals surface area contributed by atoms with Crippen LogP contribution < -0.4 is 5.32 Å². The second-order valence-corrected chi connectivity index (χ2v) is 3.64. The highest BCUT2D eigenvalue weighted by Gasteiger charge is 2.04. The summed E-state index contributed by atoms with van der Waals surface area (Å²) in [7, 11) is 0. The van der Waals surface area contributed by atoms with Crippen molar-refractivity contribution in [2.75, 3.05) is 6.54 Å². The van der Waals surface area contributed by atoms with Gasteiger partial charge in [0.25, 0.3) is 0 Å². The molecule has 0 aromatic heterocycles. The van der Waals surface area contributed by atoms with Crippen LogP contribution in [0.15, 0.2) is 30.3 Å². The van der Waals surface area contributed by atoms with Crippen LogP contribution in [0.4, 0.5) is 0 Å². The summed E-state index contributed by atoms with van der Waals surface area (Å²) in [6.45, 7) is 2.23. The molecule has 3 heteroatoms. The van der Waals surface area contributed by atoms with Crippen molar-refractivity contribution < 1.29 is 9.90 Å². The fourth-order valence-electron chi connectivity index (χ4n) is 1.33. The molecule has 0 aliphatic heterocycles. The standard InChI is InChI=1S/C12H17NO2/c1-10(14)9-12(15)13-8-7-11-5-3-2-4-6-11/h2-6,10,14H,7-9H2,1H3,(H,13,15). The van der Waals surface area contributed by atoms with Crippen molar-refractivity contribution in [3.05, 3.63) is 35.9 Å². The highest BCUT2D eigenvalue weighted by molar-refractivity contribution is 5.76. The molecule has 0 radical (unpaired) electrons. The summed E-state index contributed by atoms with van der Waals surface area (Å²) in [5, 5.41) is 11.7. The van der Waals surface area contributed by atoms with Crippen LogP contribution in [0.5, 0.6) is 0 Å². The molecule has 1 unspecified atom stereocenters. The van der Waals surface area contributed by atoms with Gasteiger partial charge in [0.2, 0.25) is 5.91 Å². The zero-order chi connectivity index (χ0) is 11.1. The normalized spacial score (nSPS) is 12.1. The molecule has 1 aromatic rings. The van der Waals surface area contributed by atoms with Crippen LogP contribution in [-0.2, 0) is 11.2 Å². The molecule has 1 amide bonds. The average Bonchev–Trinajstić information content (AvgIpc) is 2.18. The zero-order valence-corrected chi connectivity index (χ0v) is 8.94. The van der Waals surface area contributed by atoms with Gasteiger partial charge in [0.1, 0.15) is 0 Å². The predicted molar refractivity (Wildman–Crippen MR) is 59.5 cm³/mol. The smallest absolute Gasteiger partial charge is 0.222 e. The number of nitrogens with one attached hydrogen (secondary N) is 1. The van der Waals surface area contributed by atoms with E-state index in [0.717, 1.165) is 6.42 Å². The molecule has 1 aromatic carbocycles. The monoisotopic (exact) mass is 207 g/mol. The second kappa shape index (κ2) is 6.19. The Labute approximate surface area is 90.1 Å². The molecule has 0 aliphatic rings. The van der Waals surface area contributed by atoms with Crippen LogP contribution in [0.1, 0.15) is 18.9 Å². The maximum absolute atomic E-state index is 11.2. The van der Waals surface area contributed by atoms with Crippen molar-refractivity contribution in [1.29, 1.82) is 0 Å². The molecule has 0 heterocycles. The van der Waals surface area contributed by atoms with Crippen molar-refractivity contribution in [2.45, 2.75) is 25.9 Å². The number of benzene rings is 1. The molecule has 3 nitrogen and oxygen atoms in total. The lowest BCUT2D eigenvalue weighted by molar-refractivity contribution is -0.122. The Bertz CT molecular complexity index is 296. The van der Waals surface area contributed by atoms with Gasteiger partial charge in [-0.1, -0.05) is 30.3 Å². The maximum Gasteiger partial charge on any atom is 0.222 e. The Morgan fingerprint density at radius 3 is 2.67 bits per heavy atom. The van der Waals surface area contributed by atoms with Gasteiger partial charge in [-0.2, -0.15) is 0 Å². The molecular formula is C12H17NO2. The number of hydrogen-bond acceptors (Lipinski definition) is 2. The number of carbonyl (C=O) groups is 1. The molecule has 1 rings (SSSR count). The first-order chi connectivity index (χ1) is 7.18. The van der Waals surface area contributed by atoms with Gasteiger partial charge in [0.15, 0.2) is 0 Å². The van der Waals surface area contributed by atoms with E-state index in [9.17, 15) is 4.79 Å². The van der Waals surface area contributed by atoms with E-state index in [1.807, 2.05) is 30.3 Å². The van der Waals surface area contributed by atoms with E-state index in [1.54, 1.807) is 6.92 Å². The first kappa shape index (κ1) is 11.7. The summed E-state index contributed by atoms with van der Waals surface area (Å²) in [4.78, 5) is 11.2. The van der Waals surface area contributed by atoms with E-state index >= 15 is 0 Å². The Kier molecular flexibility index (Phi) is 4.84. The second-order valence-electron chi connectivity index (χ2n) is 3.64. The quantitative estimate of drug-likeness (QED) is 0.760. The lowest BCUT2D eigenvalue weighted by Crippen LogP contribution is -2.28. The van der Waals surface area contributed by atoms with Crippen molar-refractivity contribution >= 4 is 5.91 Å². The maximum atomic E-state index is 11.2. The summed E-state index contributed by atoms with van der Waals surface area (Å²) in [5.41, 5.74) is 1.20. The molecule has 2 N–H and O–H groups in total. The van der Waals surface area contributed by atoms with Crippen LogP contribution in [0.25, 0.3) is 0 Å². The molecule has 0 spiro atoms. The topological polar surface area (TPSA) is 49.3 Å². The van der Waals surface area contributed by atoms with Crippen molar-refractivity contribution in [3.8, 4) is 0 Å². The van der Waals surface area contributed by atoms with Crippen LogP contribution in [-0.4, -0.2) is 23.7 Å². The molecular weight excluding hydrogens is 190 g/mol.